The van der Waals surface area contributed by atoms with Gasteiger partial charge in [0.1, 0.15) is 11.2 Å². The van der Waals surface area contributed by atoms with Gasteiger partial charge < -0.3 is 20.8 Å². The van der Waals surface area contributed by atoms with Crippen LogP contribution >= 0.6 is 0 Å². The molecule has 4 rings (SSSR count). The molecule has 0 saturated heterocycles. The molecule has 0 heterocycles. The predicted octanol–water partition coefficient (Wildman–Crippen LogP) is 4.72. The minimum absolute atomic E-state index is 0.145. The molecule has 40 heavy (non-hydrogen) atoms. The van der Waals surface area contributed by atoms with Crippen LogP contribution in [0.3, 0.4) is 0 Å². The van der Waals surface area contributed by atoms with E-state index in [0.717, 1.165) is 88.2 Å². The average molecular weight is 541 g/mol. The van der Waals surface area contributed by atoms with E-state index in [-0.39, 0.29) is 11.8 Å². The third-order valence-corrected chi connectivity index (χ3v) is 7.71. The summed E-state index contributed by atoms with van der Waals surface area (Å²) in [6, 6.07) is 14.2. The second kappa shape index (κ2) is 14.2. The van der Waals surface area contributed by atoms with Crippen LogP contribution in [0.2, 0.25) is 0 Å². The highest BCUT2D eigenvalue weighted by Crippen LogP contribution is 2.28. The van der Waals surface area contributed by atoms with Crippen LogP contribution in [0.4, 0.5) is 0 Å². The van der Waals surface area contributed by atoms with Gasteiger partial charge in [-0.05, 0) is 113 Å². The van der Waals surface area contributed by atoms with Crippen LogP contribution in [-0.2, 0) is 0 Å². The molecule has 0 bridgehead atoms. The Morgan fingerprint density at radius 2 is 0.950 bits per heavy atom. The van der Waals surface area contributed by atoms with Crippen molar-refractivity contribution in [2.24, 2.45) is 0 Å². The Labute approximate surface area is 238 Å². The van der Waals surface area contributed by atoms with Crippen molar-refractivity contribution in [1.29, 1.82) is 0 Å². The molecule has 0 spiro atoms. The minimum Gasteiger partial charge on any atom is -0.378 e. The van der Waals surface area contributed by atoms with Gasteiger partial charge in [0.15, 0.2) is 0 Å². The third-order valence-electron chi connectivity index (χ3n) is 7.71. The zero-order chi connectivity index (χ0) is 28.3. The Hall–Kier alpha value is -3.58. The number of aliphatic hydroxyl groups is 2. The second-order valence-electron chi connectivity index (χ2n) is 11.1. The molecule has 2 saturated carbocycles. The van der Waals surface area contributed by atoms with E-state index in [0.29, 0.717) is 24.2 Å². The van der Waals surface area contributed by atoms with Gasteiger partial charge in [-0.25, -0.2) is 0 Å². The molecule has 0 radical (unpaired) electrons. The van der Waals surface area contributed by atoms with E-state index in [9.17, 15) is 19.8 Å². The molecule has 6 heteroatoms. The van der Waals surface area contributed by atoms with Crippen LogP contribution in [0.1, 0.15) is 109 Å². The van der Waals surface area contributed by atoms with Gasteiger partial charge in [-0.15, -0.1) is 0 Å². The summed E-state index contributed by atoms with van der Waals surface area (Å²) in [5, 5.41) is 26.9. The number of benzene rings is 2. The molecule has 6 nitrogen and oxygen atoms in total. The van der Waals surface area contributed by atoms with Crippen LogP contribution in [-0.4, -0.2) is 46.3 Å². The molecule has 2 aromatic rings. The molecule has 0 aromatic heterocycles. The first-order valence-corrected chi connectivity index (χ1v) is 14.6. The van der Waals surface area contributed by atoms with Gasteiger partial charge in [-0.1, -0.05) is 36.5 Å². The first kappa shape index (κ1) is 29.4. The number of hydrogen-bond acceptors (Lipinski definition) is 4. The minimum atomic E-state index is -0.882. The van der Waals surface area contributed by atoms with Crippen molar-refractivity contribution in [1.82, 2.24) is 10.6 Å². The zero-order valence-electron chi connectivity index (χ0n) is 23.2. The van der Waals surface area contributed by atoms with Crippen molar-refractivity contribution in [2.45, 2.75) is 88.3 Å². The lowest BCUT2D eigenvalue weighted by molar-refractivity contribution is 0.0606. The molecule has 2 aromatic carbocycles. The van der Waals surface area contributed by atoms with Gasteiger partial charge in [-0.2, -0.15) is 0 Å². The number of carbonyl (C=O) groups excluding carboxylic acids is 2. The lowest BCUT2D eigenvalue weighted by atomic mass is 9.85. The Morgan fingerprint density at radius 1 is 0.600 bits per heavy atom. The van der Waals surface area contributed by atoms with E-state index in [1.54, 1.807) is 24.3 Å². The SMILES string of the molecule is O=C(NCCCCNC(=O)c1ccc(C#CC2(O)CCCCC2)cc1)c1ccc(C#CC2(O)CCCCC2)cc1. The highest BCUT2D eigenvalue weighted by molar-refractivity contribution is 5.94. The summed E-state index contributed by atoms with van der Waals surface area (Å²) in [7, 11) is 0. The van der Waals surface area contributed by atoms with E-state index in [1.807, 2.05) is 24.3 Å². The first-order chi connectivity index (χ1) is 19.3. The monoisotopic (exact) mass is 540 g/mol. The summed E-state index contributed by atoms with van der Waals surface area (Å²) in [5.74, 6) is 11.8. The maximum absolute atomic E-state index is 12.4. The van der Waals surface area contributed by atoms with Crippen LogP contribution in [0, 0.1) is 23.7 Å². The highest BCUT2D eigenvalue weighted by Gasteiger charge is 2.27. The third kappa shape index (κ3) is 8.98. The van der Waals surface area contributed by atoms with Gasteiger partial charge in [0.05, 0.1) is 0 Å². The van der Waals surface area contributed by atoms with Crippen LogP contribution < -0.4 is 10.6 Å². The average Bonchev–Trinajstić information content (AvgIpc) is 2.98. The fraction of sp³-hybridized carbons (Fsp3) is 0.471. The fourth-order valence-electron chi connectivity index (χ4n) is 5.17. The maximum Gasteiger partial charge on any atom is 0.251 e. The molecule has 2 amide bonds. The number of carbonyl (C=O) groups is 2. The lowest BCUT2D eigenvalue weighted by Crippen LogP contribution is -2.29. The molecule has 2 aliphatic carbocycles. The van der Waals surface area contributed by atoms with Crippen molar-refractivity contribution < 1.29 is 19.8 Å². The normalized spacial score (nSPS) is 17.4. The van der Waals surface area contributed by atoms with Crippen molar-refractivity contribution in [3.8, 4) is 23.7 Å². The number of hydrogen-bond donors (Lipinski definition) is 4. The summed E-state index contributed by atoms with van der Waals surface area (Å²) in [5.41, 5.74) is 0.935. The lowest BCUT2D eigenvalue weighted by Gasteiger charge is -2.26. The summed E-state index contributed by atoms with van der Waals surface area (Å²) in [4.78, 5) is 24.9. The second-order valence-corrected chi connectivity index (χ2v) is 11.1. The van der Waals surface area contributed by atoms with Gasteiger partial charge >= 0.3 is 0 Å². The molecule has 2 fully saturated rings. The predicted molar refractivity (Wildman–Crippen MR) is 157 cm³/mol. The largest absolute Gasteiger partial charge is 0.378 e. The smallest absolute Gasteiger partial charge is 0.251 e. The standard InChI is InChI=1S/C34H40N2O4/c37-31(29-13-9-27(10-14-29)17-23-33(39)19-3-1-4-20-33)35-25-7-8-26-36-32(38)30-15-11-28(12-16-30)18-24-34(40)21-5-2-6-22-34/h9-16,39-40H,1-8,19-22,25-26H2,(H,35,37)(H,36,38). The van der Waals surface area contributed by atoms with Crippen LogP contribution in [0.15, 0.2) is 48.5 Å². The molecule has 0 unspecified atom stereocenters. The number of amides is 2. The molecule has 210 valence electrons. The van der Waals surface area contributed by atoms with Crippen LogP contribution in [0.25, 0.3) is 0 Å². The summed E-state index contributed by atoms with van der Waals surface area (Å²) in [6.45, 7) is 1.03. The highest BCUT2D eigenvalue weighted by atomic mass is 16.3. The quantitative estimate of drug-likeness (QED) is 0.302. The number of rotatable bonds is 7. The summed E-state index contributed by atoms with van der Waals surface area (Å²) in [6.07, 6.45) is 10.7. The molecule has 0 atom stereocenters. The van der Waals surface area contributed by atoms with Crippen LogP contribution in [0.5, 0.6) is 0 Å². The maximum atomic E-state index is 12.4. The van der Waals surface area contributed by atoms with Crippen molar-refractivity contribution in [3.63, 3.8) is 0 Å². The van der Waals surface area contributed by atoms with Crippen molar-refractivity contribution in [2.75, 3.05) is 13.1 Å². The van der Waals surface area contributed by atoms with E-state index in [1.165, 1.54) is 0 Å². The Kier molecular flexibility index (Phi) is 10.4. The molecule has 0 aliphatic heterocycles. The Bertz CT molecular complexity index is 1160. The van der Waals surface area contributed by atoms with E-state index >= 15 is 0 Å². The molecular formula is C34H40N2O4. The topological polar surface area (TPSA) is 98.7 Å². The van der Waals surface area contributed by atoms with Gasteiger partial charge in [-0.3, -0.25) is 9.59 Å². The van der Waals surface area contributed by atoms with E-state index in [4.69, 9.17) is 0 Å². The molecular weight excluding hydrogens is 500 g/mol. The van der Waals surface area contributed by atoms with Gasteiger partial charge in [0.25, 0.3) is 11.8 Å². The summed E-state index contributed by atoms with van der Waals surface area (Å²) >= 11 is 0. The molecule has 4 N–H and O–H groups in total. The van der Waals surface area contributed by atoms with E-state index in [2.05, 4.69) is 34.3 Å². The number of nitrogens with one attached hydrogen (secondary N) is 2. The number of unbranched alkanes of at least 4 members (excludes halogenated alkanes) is 1. The Morgan fingerprint density at radius 3 is 1.30 bits per heavy atom. The fourth-order valence-corrected chi connectivity index (χ4v) is 5.17. The van der Waals surface area contributed by atoms with Crippen molar-refractivity contribution >= 4 is 11.8 Å². The van der Waals surface area contributed by atoms with Gasteiger partial charge in [0, 0.05) is 35.3 Å². The Balaban J connectivity index is 1.12. The zero-order valence-corrected chi connectivity index (χ0v) is 23.2. The van der Waals surface area contributed by atoms with E-state index < -0.39 is 11.2 Å². The molecule has 2 aliphatic rings. The first-order valence-electron chi connectivity index (χ1n) is 14.6. The van der Waals surface area contributed by atoms with Gasteiger partial charge in [0.2, 0.25) is 0 Å². The van der Waals surface area contributed by atoms with Crippen molar-refractivity contribution in [3.05, 3.63) is 70.8 Å². The summed E-state index contributed by atoms with van der Waals surface area (Å²) < 4.78 is 0.